The summed E-state index contributed by atoms with van der Waals surface area (Å²) in [5.41, 5.74) is 6.63. The first-order valence-electron chi connectivity index (χ1n) is 12.1. The number of aliphatic carboxylic acids is 1. The van der Waals surface area contributed by atoms with Gasteiger partial charge in [0.25, 0.3) is 0 Å². The monoisotopic (exact) mass is 455 g/mol. The Kier molecular flexibility index (Phi) is 20.4. The molecule has 32 heavy (non-hydrogen) atoms. The molecule has 184 valence electrons. The van der Waals surface area contributed by atoms with Gasteiger partial charge in [-0.1, -0.05) is 77.0 Å². The average Bonchev–Trinajstić information content (AvgIpc) is 2.77. The molecule has 0 fully saturated rings. The van der Waals surface area contributed by atoms with Crippen molar-refractivity contribution >= 4 is 17.8 Å². The van der Waals surface area contributed by atoms with E-state index in [0.29, 0.717) is 12.8 Å². The van der Waals surface area contributed by atoms with Crippen molar-refractivity contribution < 1.29 is 24.2 Å². The molecule has 0 rings (SSSR count). The molecule has 0 aliphatic heterocycles. The van der Waals surface area contributed by atoms with Gasteiger partial charge in [0.05, 0.1) is 7.11 Å². The van der Waals surface area contributed by atoms with E-state index in [1.807, 2.05) is 0 Å². The first kappa shape index (κ1) is 29.7. The first-order valence-corrected chi connectivity index (χ1v) is 12.1. The van der Waals surface area contributed by atoms with Crippen LogP contribution in [0.2, 0.25) is 0 Å². The highest BCUT2D eigenvalue weighted by molar-refractivity contribution is 5.84. The largest absolute Gasteiger partial charge is 0.481 e. The van der Waals surface area contributed by atoms with Gasteiger partial charge in [-0.3, -0.25) is 9.59 Å². The normalized spacial score (nSPS) is 11.4. The van der Waals surface area contributed by atoms with Gasteiger partial charge < -0.3 is 15.2 Å². The zero-order chi connectivity index (χ0) is 23.9. The van der Waals surface area contributed by atoms with Crippen LogP contribution in [-0.4, -0.2) is 42.6 Å². The SMILES string of the molecule is COC(=O)C(CCN=[N+]=N)NC(=O)CCCCCCCCCCCCCCCCC(=O)O. The van der Waals surface area contributed by atoms with Crippen molar-refractivity contribution in [2.24, 2.45) is 5.11 Å². The van der Waals surface area contributed by atoms with Gasteiger partial charge in [-0.2, -0.15) is 0 Å². The predicted molar refractivity (Wildman–Crippen MR) is 122 cm³/mol. The van der Waals surface area contributed by atoms with Crippen LogP contribution in [0, 0.1) is 5.53 Å². The molecule has 9 nitrogen and oxygen atoms in total. The molecule has 0 radical (unpaired) electrons. The summed E-state index contributed by atoms with van der Waals surface area (Å²) in [5, 5.41) is 14.8. The van der Waals surface area contributed by atoms with E-state index < -0.39 is 18.0 Å². The molecule has 1 unspecified atom stereocenters. The van der Waals surface area contributed by atoms with Crippen LogP contribution < -0.4 is 10.2 Å². The average molecular weight is 456 g/mol. The molecule has 0 aromatic carbocycles. The Morgan fingerprint density at radius 3 is 1.69 bits per heavy atom. The van der Waals surface area contributed by atoms with Crippen LogP contribution in [0.5, 0.6) is 0 Å². The lowest BCUT2D eigenvalue weighted by Crippen LogP contribution is -2.41. The molecular weight excluding hydrogens is 412 g/mol. The number of methoxy groups -OCH3 is 1. The molecule has 0 aliphatic rings. The number of rotatable bonds is 22. The second kappa shape index (κ2) is 21.9. The zero-order valence-electron chi connectivity index (χ0n) is 19.8. The van der Waals surface area contributed by atoms with Crippen molar-refractivity contribution in [1.82, 2.24) is 10.2 Å². The number of nitrogens with zero attached hydrogens (tertiary/aromatic N) is 2. The molecule has 0 saturated carbocycles. The molecule has 0 spiro atoms. The highest BCUT2D eigenvalue weighted by atomic mass is 16.5. The number of nitrogens with one attached hydrogen (secondary N) is 2. The van der Waals surface area contributed by atoms with Gasteiger partial charge in [0.15, 0.2) is 0 Å². The molecule has 3 N–H and O–H groups in total. The minimum atomic E-state index is -0.741. The van der Waals surface area contributed by atoms with Crippen LogP contribution in [0.4, 0.5) is 0 Å². The fourth-order valence-corrected chi connectivity index (χ4v) is 3.58. The Morgan fingerprint density at radius 2 is 1.28 bits per heavy atom. The van der Waals surface area contributed by atoms with Crippen LogP contribution in [0.15, 0.2) is 5.11 Å². The van der Waals surface area contributed by atoms with Crippen molar-refractivity contribution in [2.75, 3.05) is 13.7 Å². The number of carbonyl (C=O) groups excluding carboxylic acids is 2. The Bertz CT molecular complexity index is 565. The summed E-state index contributed by atoms with van der Waals surface area (Å²) in [6, 6.07) is -0.741. The highest BCUT2D eigenvalue weighted by Crippen LogP contribution is 2.13. The van der Waals surface area contributed by atoms with Gasteiger partial charge in [-0.15, -0.1) is 0 Å². The third kappa shape index (κ3) is 19.7. The van der Waals surface area contributed by atoms with E-state index in [9.17, 15) is 14.4 Å². The second-order valence-electron chi connectivity index (χ2n) is 8.24. The van der Waals surface area contributed by atoms with E-state index in [4.69, 9.17) is 15.4 Å². The van der Waals surface area contributed by atoms with Crippen molar-refractivity contribution in [1.29, 1.82) is 5.53 Å². The van der Waals surface area contributed by atoms with Gasteiger partial charge in [0.1, 0.15) is 23.2 Å². The van der Waals surface area contributed by atoms with Crippen molar-refractivity contribution in [2.45, 2.75) is 115 Å². The second-order valence-corrected chi connectivity index (χ2v) is 8.24. The number of carbonyl (C=O) groups is 3. The standard InChI is InChI=1S/C23H42N4O5/c1-32-23(31)20(18-19-25-27-24)26-21(28)16-14-12-10-8-6-4-2-3-5-7-9-11-13-15-17-22(29)30/h20,24H,2-19H2,1H3,(H-,26,28,29,30)/p+1. The van der Waals surface area contributed by atoms with Crippen molar-refractivity contribution in [3.05, 3.63) is 0 Å². The van der Waals surface area contributed by atoms with Gasteiger partial charge in [0, 0.05) is 19.3 Å². The maximum absolute atomic E-state index is 12.0. The lowest BCUT2D eigenvalue weighted by atomic mass is 10.0. The number of hydrogen-bond donors (Lipinski definition) is 3. The van der Waals surface area contributed by atoms with Gasteiger partial charge in [0.2, 0.25) is 10.8 Å². The van der Waals surface area contributed by atoms with E-state index in [-0.39, 0.29) is 18.9 Å². The molecule has 0 aromatic rings. The Balaban J connectivity index is 3.51. The first-order chi connectivity index (χ1) is 15.5. The predicted octanol–water partition coefficient (Wildman–Crippen LogP) is 4.91. The number of esters is 1. The summed E-state index contributed by atoms with van der Waals surface area (Å²) in [5.74, 6) is -1.36. The Morgan fingerprint density at radius 1 is 0.844 bits per heavy atom. The van der Waals surface area contributed by atoms with Crippen LogP contribution in [0.25, 0.3) is 0 Å². The van der Waals surface area contributed by atoms with E-state index in [0.717, 1.165) is 38.5 Å². The molecule has 0 aliphatic carbocycles. The van der Waals surface area contributed by atoms with Crippen molar-refractivity contribution in [3.63, 3.8) is 0 Å². The van der Waals surface area contributed by atoms with Gasteiger partial charge >= 0.3 is 11.9 Å². The lowest BCUT2D eigenvalue weighted by Gasteiger charge is -2.14. The third-order valence-electron chi connectivity index (χ3n) is 5.45. The number of hydrogen-bond acceptors (Lipinski definition) is 6. The smallest absolute Gasteiger partial charge is 0.328 e. The topological polar surface area (TPSA) is 143 Å². The molecule has 0 heterocycles. The highest BCUT2D eigenvalue weighted by Gasteiger charge is 2.21. The third-order valence-corrected chi connectivity index (χ3v) is 5.45. The summed E-state index contributed by atoms with van der Waals surface area (Å²) in [7, 11) is 1.28. The molecule has 0 aromatic heterocycles. The van der Waals surface area contributed by atoms with Crippen LogP contribution in [0.1, 0.15) is 109 Å². The van der Waals surface area contributed by atoms with Gasteiger partial charge in [-0.25, -0.2) is 4.79 Å². The van der Waals surface area contributed by atoms with Crippen LogP contribution >= 0.6 is 0 Å². The maximum Gasteiger partial charge on any atom is 0.328 e. The number of carboxylic acids is 1. The van der Waals surface area contributed by atoms with E-state index in [1.54, 1.807) is 0 Å². The fourth-order valence-electron chi connectivity index (χ4n) is 3.58. The quantitative estimate of drug-likeness (QED) is 0.0919. The molecule has 1 amide bonds. The summed E-state index contributed by atoms with van der Waals surface area (Å²) >= 11 is 0. The summed E-state index contributed by atoms with van der Waals surface area (Å²) in [6.07, 6.45) is 16.8. The van der Waals surface area contributed by atoms with Crippen LogP contribution in [-0.2, 0) is 19.1 Å². The lowest BCUT2D eigenvalue weighted by molar-refractivity contribution is -0.145. The minimum Gasteiger partial charge on any atom is -0.481 e. The summed E-state index contributed by atoms with van der Waals surface area (Å²) in [6.45, 7) is 0.193. The van der Waals surface area contributed by atoms with E-state index in [1.165, 1.54) is 58.5 Å². The minimum absolute atomic E-state index is 0.162. The molecular formula is C23H43N4O5+. The zero-order valence-corrected chi connectivity index (χ0v) is 19.8. The van der Waals surface area contributed by atoms with Crippen LogP contribution in [0.3, 0.4) is 0 Å². The Hall–Kier alpha value is -2.28. The summed E-state index contributed by atoms with van der Waals surface area (Å²) < 4.78 is 4.69. The maximum atomic E-state index is 12.0. The molecule has 0 saturated heterocycles. The molecule has 0 bridgehead atoms. The van der Waals surface area contributed by atoms with Crippen molar-refractivity contribution in [3.8, 4) is 0 Å². The molecule has 1 atom stereocenters. The number of carboxylic acid groups (broad SMARTS) is 1. The number of unbranched alkanes of at least 4 members (excludes halogenated alkanes) is 13. The fraction of sp³-hybridized carbons (Fsp3) is 0.870. The molecule has 9 heteroatoms. The number of amides is 1. The van der Waals surface area contributed by atoms with E-state index >= 15 is 0 Å². The van der Waals surface area contributed by atoms with Gasteiger partial charge in [-0.05, 0) is 12.8 Å². The summed E-state index contributed by atoms with van der Waals surface area (Å²) in [4.78, 5) is 37.1. The number of ether oxygens (including phenoxy) is 1. The Labute approximate surface area is 192 Å². The van der Waals surface area contributed by atoms with E-state index in [2.05, 4.69) is 15.3 Å².